The van der Waals surface area contributed by atoms with Gasteiger partial charge in [0.15, 0.2) is 0 Å². The number of rotatable bonds is 5. The van der Waals surface area contributed by atoms with Gasteiger partial charge in [-0.25, -0.2) is 0 Å². The number of carbonyl (C=O) groups excluding carboxylic acids is 1. The fraction of sp³-hybridized carbons (Fsp3) is 0.417. The fourth-order valence-electron chi connectivity index (χ4n) is 1.35. The standard InChI is InChI=1S/C12H17NO3/c1-3-16-12(14)11(13)8-9-4-6-10(15-2)7-5-9/h4-7,11H,3,8,13H2,1-2H3/t11-/m0/s1. The summed E-state index contributed by atoms with van der Waals surface area (Å²) in [6, 6.07) is 6.85. The van der Waals surface area contributed by atoms with Crippen molar-refractivity contribution in [3.8, 4) is 5.75 Å². The van der Waals surface area contributed by atoms with Gasteiger partial charge in [-0.05, 0) is 31.0 Å². The number of carbonyl (C=O) groups is 1. The van der Waals surface area contributed by atoms with Gasteiger partial charge in [-0.1, -0.05) is 12.1 Å². The molecule has 0 fully saturated rings. The molecule has 0 aliphatic carbocycles. The number of benzene rings is 1. The number of nitrogens with two attached hydrogens (primary N) is 1. The monoisotopic (exact) mass is 223 g/mol. The predicted octanol–water partition coefficient (Wildman–Crippen LogP) is 1.13. The van der Waals surface area contributed by atoms with Crippen molar-refractivity contribution in [2.75, 3.05) is 13.7 Å². The Morgan fingerprint density at radius 1 is 1.38 bits per heavy atom. The zero-order valence-electron chi connectivity index (χ0n) is 9.60. The Morgan fingerprint density at radius 3 is 2.50 bits per heavy atom. The smallest absolute Gasteiger partial charge is 0.323 e. The summed E-state index contributed by atoms with van der Waals surface area (Å²) in [6.07, 6.45) is 0.475. The Hall–Kier alpha value is -1.55. The summed E-state index contributed by atoms with van der Waals surface area (Å²) in [5.41, 5.74) is 6.69. The van der Waals surface area contributed by atoms with E-state index in [9.17, 15) is 4.79 Å². The minimum Gasteiger partial charge on any atom is -0.497 e. The molecule has 0 unspecified atom stereocenters. The molecule has 0 spiro atoms. The largest absolute Gasteiger partial charge is 0.497 e. The van der Waals surface area contributed by atoms with Crippen LogP contribution in [-0.2, 0) is 16.0 Å². The molecule has 0 saturated carbocycles. The number of hydrogen-bond donors (Lipinski definition) is 1. The molecule has 0 aliphatic heterocycles. The Kier molecular flexibility index (Phi) is 4.79. The van der Waals surface area contributed by atoms with E-state index in [2.05, 4.69) is 0 Å². The molecule has 0 aliphatic rings. The first-order chi connectivity index (χ1) is 7.67. The Balaban J connectivity index is 2.55. The Morgan fingerprint density at radius 2 is 2.00 bits per heavy atom. The van der Waals surface area contributed by atoms with Gasteiger partial charge in [0.25, 0.3) is 0 Å². The minimum absolute atomic E-state index is 0.356. The van der Waals surface area contributed by atoms with Gasteiger partial charge in [-0.2, -0.15) is 0 Å². The summed E-state index contributed by atoms with van der Waals surface area (Å²) in [4.78, 5) is 11.3. The van der Waals surface area contributed by atoms with Crippen molar-refractivity contribution < 1.29 is 14.3 Å². The van der Waals surface area contributed by atoms with Crippen molar-refractivity contribution in [2.45, 2.75) is 19.4 Å². The second kappa shape index (κ2) is 6.12. The molecule has 0 amide bonds. The van der Waals surface area contributed by atoms with E-state index in [1.165, 1.54) is 0 Å². The van der Waals surface area contributed by atoms with E-state index >= 15 is 0 Å². The second-order valence-corrected chi connectivity index (χ2v) is 3.41. The fourth-order valence-corrected chi connectivity index (χ4v) is 1.35. The maximum Gasteiger partial charge on any atom is 0.323 e. The molecule has 1 aromatic rings. The minimum atomic E-state index is -0.603. The molecular formula is C12H17NO3. The van der Waals surface area contributed by atoms with Crippen molar-refractivity contribution in [1.29, 1.82) is 0 Å². The van der Waals surface area contributed by atoms with E-state index in [-0.39, 0.29) is 5.97 Å². The predicted molar refractivity (Wildman–Crippen MR) is 61.3 cm³/mol. The molecule has 1 aromatic carbocycles. The van der Waals surface area contributed by atoms with E-state index in [0.29, 0.717) is 13.0 Å². The third-order valence-corrected chi connectivity index (χ3v) is 2.20. The van der Waals surface area contributed by atoms with Gasteiger partial charge in [0.1, 0.15) is 11.8 Å². The molecule has 0 aromatic heterocycles. The van der Waals surface area contributed by atoms with Crippen molar-refractivity contribution in [2.24, 2.45) is 5.73 Å². The molecule has 16 heavy (non-hydrogen) atoms. The van der Waals surface area contributed by atoms with E-state index in [1.807, 2.05) is 24.3 Å². The zero-order valence-corrected chi connectivity index (χ0v) is 9.60. The third kappa shape index (κ3) is 3.55. The summed E-state index contributed by atoms with van der Waals surface area (Å²) in [5.74, 6) is 0.423. The summed E-state index contributed by atoms with van der Waals surface area (Å²) in [5, 5.41) is 0. The molecule has 0 heterocycles. The van der Waals surface area contributed by atoms with Crippen LogP contribution in [0.15, 0.2) is 24.3 Å². The van der Waals surface area contributed by atoms with E-state index in [1.54, 1.807) is 14.0 Å². The Bertz CT molecular complexity index is 335. The molecule has 1 atom stereocenters. The molecule has 88 valence electrons. The van der Waals surface area contributed by atoms with Crippen LogP contribution in [0.5, 0.6) is 5.75 Å². The lowest BCUT2D eigenvalue weighted by Gasteiger charge is -2.10. The van der Waals surface area contributed by atoms with Gasteiger partial charge in [0, 0.05) is 0 Å². The van der Waals surface area contributed by atoms with Gasteiger partial charge in [-0.15, -0.1) is 0 Å². The SMILES string of the molecule is CCOC(=O)[C@@H](N)Cc1ccc(OC)cc1. The summed E-state index contributed by atoms with van der Waals surface area (Å²) in [7, 11) is 1.61. The second-order valence-electron chi connectivity index (χ2n) is 3.41. The number of hydrogen-bond acceptors (Lipinski definition) is 4. The average molecular weight is 223 g/mol. The van der Waals surface area contributed by atoms with Crippen molar-refractivity contribution >= 4 is 5.97 Å². The van der Waals surface area contributed by atoms with Gasteiger partial charge >= 0.3 is 5.97 Å². The van der Waals surface area contributed by atoms with Gasteiger partial charge in [0.2, 0.25) is 0 Å². The first kappa shape index (κ1) is 12.5. The van der Waals surface area contributed by atoms with Crippen molar-refractivity contribution in [1.82, 2.24) is 0 Å². The quantitative estimate of drug-likeness (QED) is 0.760. The van der Waals surface area contributed by atoms with Gasteiger partial charge < -0.3 is 15.2 Å². The molecule has 0 saturated heterocycles. The highest BCUT2D eigenvalue weighted by Gasteiger charge is 2.14. The highest BCUT2D eigenvalue weighted by atomic mass is 16.5. The highest BCUT2D eigenvalue weighted by Crippen LogP contribution is 2.12. The van der Waals surface area contributed by atoms with Crippen LogP contribution >= 0.6 is 0 Å². The van der Waals surface area contributed by atoms with Crippen LogP contribution in [0.25, 0.3) is 0 Å². The lowest BCUT2D eigenvalue weighted by atomic mass is 10.1. The van der Waals surface area contributed by atoms with Crippen LogP contribution in [0, 0.1) is 0 Å². The van der Waals surface area contributed by atoms with Gasteiger partial charge in [-0.3, -0.25) is 4.79 Å². The molecule has 2 N–H and O–H groups in total. The highest BCUT2D eigenvalue weighted by molar-refractivity contribution is 5.75. The number of esters is 1. The van der Waals surface area contributed by atoms with Crippen LogP contribution in [0.3, 0.4) is 0 Å². The first-order valence-electron chi connectivity index (χ1n) is 5.22. The van der Waals surface area contributed by atoms with Crippen LogP contribution in [-0.4, -0.2) is 25.7 Å². The molecule has 4 heteroatoms. The molecule has 0 bridgehead atoms. The van der Waals surface area contributed by atoms with Crippen LogP contribution in [0.1, 0.15) is 12.5 Å². The lowest BCUT2D eigenvalue weighted by molar-refractivity contribution is -0.144. The van der Waals surface area contributed by atoms with Crippen molar-refractivity contribution in [3.05, 3.63) is 29.8 Å². The van der Waals surface area contributed by atoms with Crippen LogP contribution in [0.4, 0.5) is 0 Å². The van der Waals surface area contributed by atoms with Gasteiger partial charge in [0.05, 0.1) is 13.7 Å². The molecule has 4 nitrogen and oxygen atoms in total. The normalized spacial score (nSPS) is 11.9. The molecular weight excluding hydrogens is 206 g/mol. The van der Waals surface area contributed by atoms with E-state index < -0.39 is 6.04 Å². The summed E-state index contributed by atoms with van der Waals surface area (Å²) < 4.78 is 9.87. The maximum absolute atomic E-state index is 11.3. The molecule has 1 rings (SSSR count). The lowest BCUT2D eigenvalue weighted by Crippen LogP contribution is -2.34. The summed E-state index contributed by atoms with van der Waals surface area (Å²) in [6.45, 7) is 2.12. The van der Waals surface area contributed by atoms with E-state index in [0.717, 1.165) is 11.3 Å². The maximum atomic E-state index is 11.3. The third-order valence-electron chi connectivity index (χ3n) is 2.20. The van der Waals surface area contributed by atoms with E-state index in [4.69, 9.17) is 15.2 Å². The number of ether oxygens (including phenoxy) is 2. The molecule has 0 radical (unpaired) electrons. The van der Waals surface area contributed by atoms with Crippen LogP contribution in [0.2, 0.25) is 0 Å². The number of methoxy groups -OCH3 is 1. The Labute approximate surface area is 95.3 Å². The van der Waals surface area contributed by atoms with Crippen LogP contribution < -0.4 is 10.5 Å². The zero-order chi connectivity index (χ0) is 12.0. The van der Waals surface area contributed by atoms with Crippen molar-refractivity contribution in [3.63, 3.8) is 0 Å². The topological polar surface area (TPSA) is 61.5 Å². The average Bonchev–Trinajstić information content (AvgIpc) is 2.30. The summed E-state index contributed by atoms with van der Waals surface area (Å²) >= 11 is 0. The first-order valence-corrected chi connectivity index (χ1v) is 5.22.